The second kappa shape index (κ2) is 11.2. The van der Waals surface area contributed by atoms with E-state index in [4.69, 9.17) is 0 Å². The topological polar surface area (TPSA) is 49.4 Å². The second-order valence-corrected chi connectivity index (χ2v) is 6.63. The van der Waals surface area contributed by atoms with Crippen molar-refractivity contribution in [3.05, 3.63) is 71.8 Å². The average molecular weight is 367 g/mol. The molecule has 0 heterocycles. The molecule has 4 nitrogen and oxygen atoms in total. The molecule has 2 amide bonds. The van der Waals surface area contributed by atoms with Crippen molar-refractivity contribution in [3.63, 3.8) is 0 Å². The highest BCUT2D eigenvalue weighted by Gasteiger charge is 2.27. The maximum Gasteiger partial charge on any atom is 0.242 e. The third-order valence-corrected chi connectivity index (χ3v) is 4.69. The van der Waals surface area contributed by atoms with Crippen molar-refractivity contribution in [1.29, 1.82) is 0 Å². The maximum atomic E-state index is 13.0. The van der Waals surface area contributed by atoms with E-state index in [2.05, 4.69) is 17.4 Å². The molecular weight excluding hydrogens is 336 g/mol. The van der Waals surface area contributed by atoms with E-state index in [1.54, 1.807) is 4.90 Å². The van der Waals surface area contributed by atoms with Crippen molar-refractivity contribution in [1.82, 2.24) is 10.2 Å². The van der Waals surface area contributed by atoms with Crippen LogP contribution in [0.3, 0.4) is 0 Å². The van der Waals surface area contributed by atoms with Gasteiger partial charge in [0.1, 0.15) is 6.04 Å². The summed E-state index contributed by atoms with van der Waals surface area (Å²) in [6.45, 7) is 4.98. The fourth-order valence-electron chi connectivity index (χ4n) is 3.23. The Labute approximate surface area is 162 Å². The van der Waals surface area contributed by atoms with Crippen LogP contribution in [0.1, 0.15) is 37.8 Å². The lowest BCUT2D eigenvalue weighted by Gasteiger charge is -2.30. The highest BCUT2D eigenvalue weighted by Crippen LogP contribution is 2.12. The van der Waals surface area contributed by atoms with E-state index in [9.17, 15) is 9.59 Å². The molecule has 0 aliphatic heterocycles. The highest BCUT2D eigenvalue weighted by atomic mass is 16.2. The molecule has 0 aliphatic rings. The molecule has 27 heavy (non-hydrogen) atoms. The molecule has 0 fully saturated rings. The fraction of sp³-hybridized carbons (Fsp3) is 0.391. The first kappa shape index (κ1) is 20.7. The van der Waals surface area contributed by atoms with Crippen molar-refractivity contribution in [2.45, 2.75) is 45.6 Å². The SMILES string of the molecule is CCNC(=O)[C@H](CC)N(CCc1ccccc1)C(=O)CCc1ccccc1. The minimum absolute atomic E-state index is 0.0351. The third-order valence-electron chi connectivity index (χ3n) is 4.69. The average Bonchev–Trinajstić information content (AvgIpc) is 2.71. The zero-order valence-electron chi connectivity index (χ0n) is 16.4. The Morgan fingerprint density at radius 1 is 0.889 bits per heavy atom. The van der Waals surface area contributed by atoms with Gasteiger partial charge in [-0.25, -0.2) is 0 Å². The van der Waals surface area contributed by atoms with Gasteiger partial charge in [0.15, 0.2) is 0 Å². The van der Waals surface area contributed by atoms with Gasteiger partial charge in [-0.3, -0.25) is 9.59 Å². The summed E-state index contributed by atoms with van der Waals surface area (Å²) in [6, 6.07) is 19.7. The quantitative estimate of drug-likeness (QED) is 0.698. The maximum absolute atomic E-state index is 13.0. The minimum atomic E-state index is -0.420. The lowest BCUT2D eigenvalue weighted by atomic mass is 10.1. The Kier molecular flexibility index (Phi) is 8.56. The molecule has 0 aliphatic carbocycles. The Hall–Kier alpha value is -2.62. The van der Waals surface area contributed by atoms with Crippen LogP contribution in [0, 0.1) is 0 Å². The van der Waals surface area contributed by atoms with Crippen LogP contribution in [0.4, 0.5) is 0 Å². The lowest BCUT2D eigenvalue weighted by Crippen LogP contribution is -2.50. The number of hydrogen-bond donors (Lipinski definition) is 1. The number of nitrogens with one attached hydrogen (secondary N) is 1. The van der Waals surface area contributed by atoms with E-state index in [1.165, 1.54) is 5.56 Å². The molecule has 0 spiro atoms. The highest BCUT2D eigenvalue weighted by molar-refractivity contribution is 5.87. The van der Waals surface area contributed by atoms with E-state index >= 15 is 0 Å². The summed E-state index contributed by atoms with van der Waals surface area (Å²) in [6.07, 6.45) is 2.45. The van der Waals surface area contributed by atoms with E-state index in [1.807, 2.05) is 62.4 Å². The minimum Gasteiger partial charge on any atom is -0.355 e. The standard InChI is InChI=1S/C23H30N2O2/c1-3-21(23(27)24-4-2)25(18-17-20-13-9-6-10-14-20)22(26)16-15-19-11-7-5-8-12-19/h5-14,21H,3-4,15-18H2,1-2H3,(H,24,27)/t21-/m0/s1. The molecule has 2 rings (SSSR count). The summed E-state index contributed by atoms with van der Waals surface area (Å²) in [5, 5.41) is 2.87. The van der Waals surface area contributed by atoms with Gasteiger partial charge in [0, 0.05) is 19.5 Å². The number of benzene rings is 2. The molecule has 0 saturated carbocycles. The van der Waals surface area contributed by atoms with Gasteiger partial charge in [0.05, 0.1) is 0 Å². The summed E-state index contributed by atoms with van der Waals surface area (Å²) in [5.74, 6) is -0.0333. The van der Waals surface area contributed by atoms with Gasteiger partial charge in [-0.05, 0) is 37.3 Å². The Balaban J connectivity index is 2.08. The van der Waals surface area contributed by atoms with Crippen molar-refractivity contribution in [3.8, 4) is 0 Å². The van der Waals surface area contributed by atoms with Crippen molar-refractivity contribution in [2.24, 2.45) is 0 Å². The number of amides is 2. The zero-order chi connectivity index (χ0) is 19.5. The van der Waals surface area contributed by atoms with E-state index in [0.29, 0.717) is 32.4 Å². The largest absolute Gasteiger partial charge is 0.355 e. The number of rotatable bonds is 10. The summed E-state index contributed by atoms with van der Waals surface area (Å²) >= 11 is 0. The summed E-state index contributed by atoms with van der Waals surface area (Å²) < 4.78 is 0. The van der Waals surface area contributed by atoms with Crippen LogP contribution in [-0.4, -0.2) is 35.8 Å². The fourth-order valence-corrected chi connectivity index (χ4v) is 3.23. The summed E-state index contributed by atoms with van der Waals surface area (Å²) in [5.41, 5.74) is 2.31. The van der Waals surface area contributed by atoms with Crippen molar-refractivity contribution in [2.75, 3.05) is 13.1 Å². The first-order valence-corrected chi connectivity index (χ1v) is 9.80. The number of hydrogen-bond acceptors (Lipinski definition) is 2. The molecule has 1 atom stereocenters. The van der Waals surface area contributed by atoms with Gasteiger partial charge in [-0.1, -0.05) is 67.6 Å². The lowest BCUT2D eigenvalue weighted by molar-refractivity contribution is -0.140. The molecule has 0 aromatic heterocycles. The number of carbonyl (C=O) groups is 2. The van der Waals surface area contributed by atoms with Crippen LogP contribution in [0.2, 0.25) is 0 Å². The van der Waals surface area contributed by atoms with Crippen LogP contribution in [0.25, 0.3) is 0 Å². The first-order chi connectivity index (χ1) is 13.2. The Morgan fingerprint density at radius 2 is 1.44 bits per heavy atom. The zero-order valence-corrected chi connectivity index (χ0v) is 16.4. The molecular formula is C23H30N2O2. The van der Waals surface area contributed by atoms with Gasteiger partial charge in [0.25, 0.3) is 0 Å². The van der Waals surface area contributed by atoms with E-state index < -0.39 is 6.04 Å². The Bertz CT molecular complexity index is 701. The van der Waals surface area contributed by atoms with Crippen LogP contribution < -0.4 is 5.32 Å². The van der Waals surface area contributed by atoms with Gasteiger partial charge in [0.2, 0.25) is 11.8 Å². The van der Waals surface area contributed by atoms with Gasteiger partial charge in [-0.2, -0.15) is 0 Å². The second-order valence-electron chi connectivity index (χ2n) is 6.63. The van der Waals surface area contributed by atoms with Gasteiger partial charge < -0.3 is 10.2 Å². The van der Waals surface area contributed by atoms with Crippen LogP contribution in [-0.2, 0) is 22.4 Å². The van der Waals surface area contributed by atoms with Crippen LogP contribution in [0.15, 0.2) is 60.7 Å². The molecule has 2 aromatic carbocycles. The van der Waals surface area contributed by atoms with E-state index in [-0.39, 0.29) is 11.8 Å². The summed E-state index contributed by atoms with van der Waals surface area (Å²) in [4.78, 5) is 27.3. The molecule has 0 radical (unpaired) electrons. The smallest absolute Gasteiger partial charge is 0.242 e. The molecule has 144 valence electrons. The van der Waals surface area contributed by atoms with Crippen LogP contribution in [0.5, 0.6) is 0 Å². The molecule has 0 unspecified atom stereocenters. The molecule has 0 saturated heterocycles. The molecule has 4 heteroatoms. The van der Waals surface area contributed by atoms with E-state index in [0.717, 1.165) is 12.0 Å². The Morgan fingerprint density at radius 3 is 1.96 bits per heavy atom. The van der Waals surface area contributed by atoms with Crippen molar-refractivity contribution < 1.29 is 9.59 Å². The predicted octanol–water partition coefficient (Wildman–Crippen LogP) is 3.61. The molecule has 1 N–H and O–H groups in total. The predicted molar refractivity (Wildman–Crippen MR) is 109 cm³/mol. The first-order valence-electron chi connectivity index (χ1n) is 9.80. The molecule has 0 bridgehead atoms. The number of carbonyl (C=O) groups excluding carboxylic acids is 2. The normalized spacial score (nSPS) is 11.6. The number of nitrogens with zero attached hydrogens (tertiary/aromatic N) is 1. The van der Waals surface area contributed by atoms with Crippen LogP contribution >= 0.6 is 0 Å². The summed E-state index contributed by atoms with van der Waals surface area (Å²) in [7, 11) is 0. The number of aryl methyl sites for hydroxylation is 1. The number of likely N-dealkylation sites (N-methyl/N-ethyl adjacent to an activating group) is 1. The molecule has 2 aromatic rings. The van der Waals surface area contributed by atoms with Gasteiger partial charge >= 0.3 is 0 Å². The monoisotopic (exact) mass is 366 g/mol. The van der Waals surface area contributed by atoms with Gasteiger partial charge in [-0.15, -0.1) is 0 Å². The third kappa shape index (κ3) is 6.55. The van der Waals surface area contributed by atoms with Crippen molar-refractivity contribution >= 4 is 11.8 Å².